The molecule has 0 saturated heterocycles. The zero-order valence-corrected chi connectivity index (χ0v) is 12.1. The van der Waals surface area contributed by atoms with Gasteiger partial charge in [0.1, 0.15) is 11.1 Å². The van der Waals surface area contributed by atoms with Gasteiger partial charge in [0, 0.05) is 18.5 Å². The first-order chi connectivity index (χ1) is 8.22. The van der Waals surface area contributed by atoms with Gasteiger partial charge in [-0.1, -0.05) is 20.3 Å². The molecule has 1 heterocycles. The molecule has 0 amide bonds. The molecule has 2 unspecified atom stereocenters. The summed E-state index contributed by atoms with van der Waals surface area (Å²) in [7, 11) is 1.76. The molecule has 0 saturated carbocycles. The Morgan fingerprint density at radius 3 is 2.76 bits per heavy atom. The number of methoxy groups -OCH3 is 1. The molecule has 0 aromatic carbocycles. The molecule has 4 heteroatoms. The van der Waals surface area contributed by atoms with Crippen LogP contribution in [0.1, 0.15) is 62.9 Å². The number of thiazole rings is 1. The van der Waals surface area contributed by atoms with Crippen LogP contribution in [-0.2, 0) is 4.74 Å². The topological polar surface area (TPSA) is 34.1 Å². The Balaban J connectivity index is 2.62. The van der Waals surface area contributed by atoms with Gasteiger partial charge in [0.25, 0.3) is 0 Å². The van der Waals surface area contributed by atoms with Crippen LogP contribution in [0.15, 0.2) is 5.38 Å². The maximum absolute atomic E-state index is 5.48. The molecule has 1 N–H and O–H groups in total. The zero-order valence-electron chi connectivity index (χ0n) is 11.3. The summed E-state index contributed by atoms with van der Waals surface area (Å²) in [5, 5.41) is 6.70. The van der Waals surface area contributed by atoms with Gasteiger partial charge in [0.2, 0.25) is 0 Å². The molecule has 1 aromatic heterocycles. The number of nitrogens with one attached hydrogen (secondary N) is 1. The lowest BCUT2D eigenvalue weighted by atomic mass is 10.2. The van der Waals surface area contributed by atoms with Crippen LogP contribution >= 0.6 is 11.3 Å². The summed E-state index contributed by atoms with van der Waals surface area (Å²) in [6.45, 7) is 7.55. The maximum Gasteiger partial charge on any atom is 0.122 e. The highest BCUT2D eigenvalue weighted by molar-refractivity contribution is 7.09. The van der Waals surface area contributed by atoms with E-state index in [2.05, 4.69) is 36.5 Å². The monoisotopic (exact) mass is 256 g/mol. The smallest absolute Gasteiger partial charge is 0.122 e. The Bertz CT molecular complexity index is 314. The number of ether oxygens (including phenoxy) is 1. The van der Waals surface area contributed by atoms with Gasteiger partial charge < -0.3 is 10.1 Å². The van der Waals surface area contributed by atoms with E-state index in [-0.39, 0.29) is 6.10 Å². The minimum atomic E-state index is 0.164. The number of hydrogen-bond acceptors (Lipinski definition) is 4. The SMILES string of the molecule is CCCNC(C)c1csc(C(CCC)OC)n1. The van der Waals surface area contributed by atoms with Gasteiger partial charge in [-0.15, -0.1) is 11.3 Å². The van der Waals surface area contributed by atoms with Gasteiger partial charge in [-0.2, -0.15) is 0 Å². The lowest BCUT2D eigenvalue weighted by Crippen LogP contribution is -2.19. The normalized spacial score (nSPS) is 14.8. The van der Waals surface area contributed by atoms with Crippen LogP contribution in [0.3, 0.4) is 0 Å². The van der Waals surface area contributed by atoms with Crippen molar-refractivity contribution in [2.24, 2.45) is 0 Å². The third-order valence-electron chi connectivity index (χ3n) is 2.79. The molecule has 0 aliphatic carbocycles. The van der Waals surface area contributed by atoms with Gasteiger partial charge in [0.15, 0.2) is 0 Å². The third kappa shape index (κ3) is 4.37. The van der Waals surface area contributed by atoms with Crippen molar-refractivity contribution < 1.29 is 4.74 Å². The van der Waals surface area contributed by atoms with Gasteiger partial charge in [0.05, 0.1) is 5.69 Å². The average molecular weight is 256 g/mol. The molecule has 98 valence electrons. The molecule has 0 fully saturated rings. The molecule has 0 radical (unpaired) electrons. The zero-order chi connectivity index (χ0) is 12.7. The molecule has 1 rings (SSSR count). The Kier molecular flexibility index (Phi) is 6.70. The van der Waals surface area contributed by atoms with E-state index >= 15 is 0 Å². The predicted octanol–water partition coefficient (Wildman–Crippen LogP) is 3.69. The fraction of sp³-hybridized carbons (Fsp3) is 0.769. The number of rotatable bonds is 8. The fourth-order valence-electron chi connectivity index (χ4n) is 1.72. The summed E-state index contributed by atoms with van der Waals surface area (Å²) in [5.41, 5.74) is 1.14. The van der Waals surface area contributed by atoms with E-state index in [1.54, 1.807) is 18.4 Å². The minimum absolute atomic E-state index is 0.164. The molecule has 17 heavy (non-hydrogen) atoms. The first kappa shape index (κ1) is 14.6. The second kappa shape index (κ2) is 7.80. The molecule has 0 aliphatic rings. The van der Waals surface area contributed by atoms with E-state index < -0.39 is 0 Å². The van der Waals surface area contributed by atoms with Crippen molar-refractivity contribution in [1.29, 1.82) is 0 Å². The van der Waals surface area contributed by atoms with Crippen LogP contribution < -0.4 is 5.32 Å². The summed E-state index contributed by atoms with van der Waals surface area (Å²) in [6.07, 6.45) is 3.48. The van der Waals surface area contributed by atoms with Crippen LogP contribution in [-0.4, -0.2) is 18.6 Å². The van der Waals surface area contributed by atoms with Gasteiger partial charge in [-0.25, -0.2) is 4.98 Å². The van der Waals surface area contributed by atoms with Gasteiger partial charge in [-0.05, 0) is 26.3 Å². The van der Waals surface area contributed by atoms with E-state index in [1.165, 1.54) is 0 Å². The molecular formula is C13H24N2OS. The van der Waals surface area contributed by atoms with Crippen LogP contribution in [0.5, 0.6) is 0 Å². The van der Waals surface area contributed by atoms with Crippen molar-refractivity contribution >= 4 is 11.3 Å². The number of hydrogen-bond donors (Lipinski definition) is 1. The van der Waals surface area contributed by atoms with Crippen molar-refractivity contribution in [3.8, 4) is 0 Å². The van der Waals surface area contributed by atoms with Gasteiger partial charge in [-0.3, -0.25) is 0 Å². The number of aromatic nitrogens is 1. The predicted molar refractivity (Wildman–Crippen MR) is 73.5 cm³/mol. The standard InChI is InChI=1S/C13H24N2OS/c1-5-7-12(16-4)13-15-11(9-17-13)10(3)14-8-6-2/h9-10,12,14H,5-8H2,1-4H3. The molecule has 3 nitrogen and oxygen atoms in total. The van der Waals surface area contributed by atoms with E-state index in [1.807, 2.05) is 0 Å². The molecule has 0 spiro atoms. The molecule has 0 bridgehead atoms. The highest BCUT2D eigenvalue weighted by atomic mass is 32.1. The largest absolute Gasteiger partial charge is 0.374 e. The van der Waals surface area contributed by atoms with E-state index in [9.17, 15) is 0 Å². The Morgan fingerprint density at radius 1 is 1.41 bits per heavy atom. The van der Waals surface area contributed by atoms with E-state index in [0.717, 1.165) is 36.5 Å². The molecular weight excluding hydrogens is 232 g/mol. The number of nitrogens with zero attached hydrogens (tertiary/aromatic N) is 1. The molecule has 0 aliphatic heterocycles. The Labute approximate surface area is 109 Å². The quantitative estimate of drug-likeness (QED) is 0.770. The summed E-state index contributed by atoms with van der Waals surface area (Å²) in [6, 6.07) is 0.332. The first-order valence-corrected chi connectivity index (χ1v) is 7.32. The highest BCUT2D eigenvalue weighted by Crippen LogP contribution is 2.27. The minimum Gasteiger partial charge on any atom is -0.374 e. The van der Waals surface area contributed by atoms with E-state index in [4.69, 9.17) is 4.74 Å². The third-order valence-corrected chi connectivity index (χ3v) is 3.75. The lowest BCUT2D eigenvalue weighted by molar-refractivity contribution is 0.0946. The fourth-order valence-corrected chi connectivity index (χ4v) is 2.74. The second-order valence-corrected chi connectivity index (χ2v) is 5.19. The summed E-state index contributed by atoms with van der Waals surface area (Å²) in [5.74, 6) is 0. The van der Waals surface area contributed by atoms with Crippen molar-refractivity contribution in [1.82, 2.24) is 10.3 Å². The molecule has 2 atom stereocenters. The van der Waals surface area contributed by atoms with E-state index in [0.29, 0.717) is 6.04 Å². The van der Waals surface area contributed by atoms with Crippen LogP contribution in [0.25, 0.3) is 0 Å². The Hall–Kier alpha value is -0.450. The lowest BCUT2D eigenvalue weighted by Gasteiger charge is -2.12. The van der Waals surface area contributed by atoms with Crippen LogP contribution in [0.4, 0.5) is 0 Å². The van der Waals surface area contributed by atoms with Crippen molar-refractivity contribution in [2.45, 2.75) is 52.2 Å². The maximum atomic E-state index is 5.48. The van der Waals surface area contributed by atoms with Crippen molar-refractivity contribution in [3.05, 3.63) is 16.1 Å². The molecule has 1 aromatic rings. The van der Waals surface area contributed by atoms with Crippen molar-refractivity contribution in [2.75, 3.05) is 13.7 Å². The average Bonchev–Trinajstić information content (AvgIpc) is 2.82. The first-order valence-electron chi connectivity index (χ1n) is 6.44. The summed E-state index contributed by atoms with van der Waals surface area (Å²) in [4.78, 5) is 4.68. The van der Waals surface area contributed by atoms with Crippen LogP contribution in [0, 0.1) is 0 Å². The Morgan fingerprint density at radius 2 is 2.18 bits per heavy atom. The summed E-state index contributed by atoms with van der Waals surface area (Å²) < 4.78 is 5.48. The van der Waals surface area contributed by atoms with Crippen molar-refractivity contribution in [3.63, 3.8) is 0 Å². The second-order valence-electron chi connectivity index (χ2n) is 4.30. The highest BCUT2D eigenvalue weighted by Gasteiger charge is 2.16. The van der Waals surface area contributed by atoms with Crippen LogP contribution in [0.2, 0.25) is 0 Å². The summed E-state index contributed by atoms with van der Waals surface area (Å²) >= 11 is 1.71. The van der Waals surface area contributed by atoms with Gasteiger partial charge >= 0.3 is 0 Å².